The molecule has 1 atom stereocenters. The number of hydrogen-bond acceptors (Lipinski definition) is 7. The van der Waals surface area contributed by atoms with Gasteiger partial charge in [0, 0.05) is 80.1 Å². The predicted molar refractivity (Wildman–Crippen MR) is 207 cm³/mol. The third-order valence-electron chi connectivity index (χ3n) is 12.2. The summed E-state index contributed by atoms with van der Waals surface area (Å²) in [6.07, 6.45) is 8.37. The molecule has 0 unspecified atom stereocenters. The Hall–Kier alpha value is -4.86. The first kappa shape index (κ1) is 33.9. The lowest BCUT2D eigenvalue weighted by Crippen LogP contribution is -2.68. The van der Waals surface area contributed by atoms with Gasteiger partial charge in [0.15, 0.2) is 0 Å². The van der Waals surface area contributed by atoms with E-state index in [4.69, 9.17) is 9.47 Å². The van der Waals surface area contributed by atoms with Gasteiger partial charge in [0.2, 0.25) is 0 Å². The van der Waals surface area contributed by atoms with E-state index in [0.29, 0.717) is 40.8 Å². The van der Waals surface area contributed by atoms with Crippen molar-refractivity contribution in [2.45, 2.75) is 70.0 Å². The number of aromatic amines is 1. The summed E-state index contributed by atoms with van der Waals surface area (Å²) in [6.45, 7) is 10.6. The third-order valence-corrected chi connectivity index (χ3v) is 12.2. The molecule has 0 bridgehead atoms. The Bertz CT molecular complexity index is 2140. The summed E-state index contributed by atoms with van der Waals surface area (Å²) in [5.74, 6) is 2.02. The van der Waals surface area contributed by atoms with E-state index in [0.717, 1.165) is 61.7 Å². The van der Waals surface area contributed by atoms with Crippen molar-refractivity contribution >= 4 is 22.7 Å². The molecular formula is C44H49N5O4. The number of ether oxygens (including phenoxy) is 2. The molecule has 2 aromatic heterocycles. The highest BCUT2D eigenvalue weighted by atomic mass is 16.5. The van der Waals surface area contributed by atoms with Crippen molar-refractivity contribution in [2.75, 3.05) is 44.7 Å². The van der Waals surface area contributed by atoms with E-state index in [1.54, 1.807) is 19.4 Å². The average molecular weight is 712 g/mol. The highest BCUT2D eigenvalue weighted by Crippen LogP contribution is 2.54. The molecule has 274 valence electrons. The van der Waals surface area contributed by atoms with Crippen LogP contribution in [0, 0.1) is 5.41 Å². The summed E-state index contributed by atoms with van der Waals surface area (Å²) in [5, 5.41) is 10.8. The second-order valence-corrected chi connectivity index (χ2v) is 16.2. The number of piperazine rings is 1. The fraction of sp³-hybridized carbons (Fsp3) is 0.409. The van der Waals surface area contributed by atoms with Crippen LogP contribution in [0.2, 0.25) is 0 Å². The van der Waals surface area contributed by atoms with Gasteiger partial charge in [0.05, 0.1) is 13.3 Å². The summed E-state index contributed by atoms with van der Waals surface area (Å²) >= 11 is 0. The summed E-state index contributed by atoms with van der Waals surface area (Å²) in [5.41, 5.74) is 7.82. The Kier molecular flexibility index (Phi) is 8.66. The minimum absolute atomic E-state index is 0.142. The second kappa shape index (κ2) is 13.5. The predicted octanol–water partition coefficient (Wildman–Crippen LogP) is 8.59. The van der Waals surface area contributed by atoms with Gasteiger partial charge in [-0.1, -0.05) is 50.2 Å². The van der Waals surface area contributed by atoms with E-state index >= 15 is 0 Å². The monoisotopic (exact) mass is 711 g/mol. The van der Waals surface area contributed by atoms with Crippen LogP contribution in [0.5, 0.6) is 17.2 Å². The molecule has 9 nitrogen and oxygen atoms in total. The van der Waals surface area contributed by atoms with E-state index in [2.05, 4.69) is 81.0 Å². The van der Waals surface area contributed by atoms with Gasteiger partial charge in [-0.3, -0.25) is 9.80 Å². The lowest BCUT2D eigenvalue weighted by molar-refractivity contribution is -0.0647. The summed E-state index contributed by atoms with van der Waals surface area (Å²) in [6, 6.07) is 26.2. The van der Waals surface area contributed by atoms with Crippen molar-refractivity contribution in [3.05, 3.63) is 113 Å². The number of carboxylic acid groups (broad SMARTS) is 1. The normalized spacial score (nSPS) is 20.5. The maximum atomic E-state index is 12.1. The van der Waals surface area contributed by atoms with E-state index in [-0.39, 0.29) is 5.56 Å². The molecule has 9 heteroatoms. The van der Waals surface area contributed by atoms with E-state index in [1.807, 2.05) is 30.5 Å². The van der Waals surface area contributed by atoms with Crippen LogP contribution in [0.4, 0.5) is 5.69 Å². The summed E-state index contributed by atoms with van der Waals surface area (Å²) in [4.78, 5) is 27.5. The van der Waals surface area contributed by atoms with Gasteiger partial charge >= 0.3 is 5.97 Å². The molecule has 53 heavy (non-hydrogen) atoms. The highest BCUT2D eigenvalue weighted by molar-refractivity contribution is 5.92. The molecule has 2 saturated heterocycles. The van der Waals surface area contributed by atoms with Crippen LogP contribution in [-0.2, 0) is 6.54 Å². The minimum atomic E-state index is -1.01. The average Bonchev–Trinajstić information content (AvgIpc) is 3.87. The SMILES string of the molecule is COc1cc(CN2CCN(C3CC4(C3)CN(c3ccc(C(=O)O)c(Oc5cnc6[nH]ccc6c5)c3)C4)[C@H](c3ccccc3C(C)C)C2)ccc1C1CC1. The first-order chi connectivity index (χ1) is 25.8. The lowest BCUT2D eigenvalue weighted by Gasteiger charge is -2.63. The van der Waals surface area contributed by atoms with Crippen molar-refractivity contribution in [2.24, 2.45) is 5.41 Å². The molecule has 4 fully saturated rings. The Morgan fingerprint density at radius 2 is 1.81 bits per heavy atom. The van der Waals surface area contributed by atoms with Crippen molar-refractivity contribution in [3.8, 4) is 17.2 Å². The number of benzene rings is 3. The number of methoxy groups -OCH3 is 1. The Labute approximate surface area is 311 Å². The number of carbonyl (C=O) groups is 1. The number of rotatable bonds is 11. The molecular weight excluding hydrogens is 663 g/mol. The largest absolute Gasteiger partial charge is 0.496 e. The van der Waals surface area contributed by atoms with Crippen LogP contribution in [0.3, 0.4) is 0 Å². The van der Waals surface area contributed by atoms with Gasteiger partial charge in [-0.15, -0.1) is 0 Å². The van der Waals surface area contributed by atoms with E-state index in [1.165, 1.54) is 47.9 Å². The van der Waals surface area contributed by atoms with Gasteiger partial charge in [-0.25, -0.2) is 9.78 Å². The minimum Gasteiger partial charge on any atom is -0.496 e. The van der Waals surface area contributed by atoms with Crippen LogP contribution >= 0.6 is 0 Å². The highest BCUT2D eigenvalue weighted by Gasteiger charge is 2.55. The standard InChI is InChI=1S/C44H49N5O4/c1-28(2)35-6-4-5-7-37(35)39-25-47(24-29-8-12-36(30-9-10-30)40(18-29)52-3)16-17-49(39)33-21-44(22-33)26-48(27-44)32-11-13-38(43(50)51)41(20-32)53-34-19-31-14-15-45-42(31)46-23-34/h4-8,11-15,18-20,23,28,30,33,39H,9-10,16-17,21-22,24-27H2,1-3H3,(H,45,46)(H,50,51)/t39-/m0/s1. The molecule has 3 aromatic carbocycles. The Balaban J connectivity index is 0.891. The molecule has 2 N–H and O–H groups in total. The fourth-order valence-corrected chi connectivity index (χ4v) is 9.34. The van der Waals surface area contributed by atoms with Crippen LogP contribution in [-0.4, -0.2) is 76.7 Å². The van der Waals surface area contributed by atoms with Gasteiger partial charge in [-0.2, -0.15) is 0 Å². The van der Waals surface area contributed by atoms with Crippen LogP contribution in [0.25, 0.3) is 11.0 Å². The van der Waals surface area contributed by atoms with Crippen LogP contribution < -0.4 is 14.4 Å². The van der Waals surface area contributed by atoms with Crippen molar-refractivity contribution in [3.63, 3.8) is 0 Å². The number of pyridine rings is 1. The number of anilines is 1. The van der Waals surface area contributed by atoms with E-state index < -0.39 is 5.97 Å². The van der Waals surface area contributed by atoms with Gasteiger partial charge in [-0.05, 0) is 90.1 Å². The van der Waals surface area contributed by atoms with Crippen LogP contribution in [0.1, 0.15) is 90.0 Å². The molecule has 2 aliphatic heterocycles. The van der Waals surface area contributed by atoms with Crippen molar-refractivity contribution in [1.29, 1.82) is 0 Å². The molecule has 4 heterocycles. The molecule has 0 amide bonds. The lowest BCUT2D eigenvalue weighted by atomic mass is 9.59. The molecule has 2 saturated carbocycles. The van der Waals surface area contributed by atoms with Crippen molar-refractivity contribution < 1.29 is 19.4 Å². The number of nitrogens with zero attached hydrogens (tertiary/aromatic N) is 4. The quantitative estimate of drug-likeness (QED) is 0.141. The number of fused-ring (bicyclic) bond motifs is 1. The molecule has 0 radical (unpaired) electrons. The zero-order valence-electron chi connectivity index (χ0n) is 30.9. The van der Waals surface area contributed by atoms with Crippen LogP contribution in [0.15, 0.2) is 85.2 Å². The first-order valence-corrected chi connectivity index (χ1v) is 19.2. The topological polar surface area (TPSA) is 94.2 Å². The maximum Gasteiger partial charge on any atom is 0.339 e. The number of hydrogen-bond donors (Lipinski definition) is 2. The Morgan fingerprint density at radius 3 is 2.58 bits per heavy atom. The van der Waals surface area contributed by atoms with Gasteiger partial charge < -0.3 is 24.5 Å². The number of H-pyrrole nitrogens is 1. The third kappa shape index (κ3) is 6.55. The number of aromatic nitrogens is 2. The molecule has 2 aliphatic carbocycles. The zero-order valence-corrected chi connectivity index (χ0v) is 30.9. The maximum absolute atomic E-state index is 12.1. The summed E-state index contributed by atoms with van der Waals surface area (Å²) < 4.78 is 12.0. The Morgan fingerprint density at radius 1 is 0.981 bits per heavy atom. The number of carboxylic acids is 1. The molecule has 5 aromatic rings. The zero-order chi connectivity index (χ0) is 36.3. The van der Waals surface area contributed by atoms with Gasteiger partial charge in [0.25, 0.3) is 0 Å². The number of aromatic carboxylic acids is 1. The molecule has 4 aliphatic rings. The number of nitrogens with one attached hydrogen (secondary N) is 1. The second-order valence-electron chi connectivity index (χ2n) is 16.2. The smallest absolute Gasteiger partial charge is 0.339 e. The molecule has 9 rings (SSSR count). The first-order valence-electron chi connectivity index (χ1n) is 19.2. The fourth-order valence-electron chi connectivity index (χ4n) is 9.34. The molecule has 1 spiro atoms. The van der Waals surface area contributed by atoms with Gasteiger partial charge in [0.1, 0.15) is 28.5 Å². The van der Waals surface area contributed by atoms with Crippen molar-refractivity contribution in [1.82, 2.24) is 19.8 Å². The summed E-state index contributed by atoms with van der Waals surface area (Å²) in [7, 11) is 1.81. The van der Waals surface area contributed by atoms with E-state index in [9.17, 15) is 9.90 Å².